The third-order valence-corrected chi connectivity index (χ3v) is 4.24. The first-order valence-corrected chi connectivity index (χ1v) is 7.32. The maximum Gasteiger partial charge on any atom is 0.130 e. The van der Waals surface area contributed by atoms with Crippen LogP contribution >= 0.6 is 11.8 Å². The molecule has 0 fully saturated rings. The molecule has 0 unspecified atom stereocenters. The van der Waals surface area contributed by atoms with Gasteiger partial charge in [0.1, 0.15) is 17.2 Å². The summed E-state index contributed by atoms with van der Waals surface area (Å²) in [6.45, 7) is 1.56. The fourth-order valence-electron chi connectivity index (χ4n) is 2.18. The zero-order chi connectivity index (χ0) is 14.8. The maximum absolute atomic E-state index is 13.9. The van der Waals surface area contributed by atoms with Gasteiger partial charge >= 0.3 is 0 Å². The summed E-state index contributed by atoms with van der Waals surface area (Å²) in [4.78, 5) is 9.15. The van der Waals surface area contributed by atoms with E-state index in [-0.39, 0.29) is 0 Å². The first kappa shape index (κ1) is 14.0. The van der Waals surface area contributed by atoms with E-state index in [1.54, 1.807) is 19.1 Å². The molecule has 3 aromatic rings. The first-order chi connectivity index (χ1) is 10.2. The molecule has 2 aromatic carbocycles. The third kappa shape index (κ3) is 2.75. The lowest BCUT2D eigenvalue weighted by atomic mass is 10.1. The average molecular weight is 300 g/mol. The van der Waals surface area contributed by atoms with Crippen LogP contribution in [-0.4, -0.2) is 15.1 Å². The molecule has 106 valence electrons. The fourth-order valence-corrected chi connectivity index (χ4v) is 3.29. The van der Waals surface area contributed by atoms with Crippen molar-refractivity contribution in [2.45, 2.75) is 22.9 Å². The minimum Gasteiger partial charge on any atom is -0.389 e. The lowest BCUT2D eigenvalue weighted by Crippen LogP contribution is -1.99. The Kier molecular flexibility index (Phi) is 3.86. The van der Waals surface area contributed by atoms with Gasteiger partial charge in [0.05, 0.1) is 11.6 Å². The zero-order valence-corrected chi connectivity index (χ0v) is 12.1. The van der Waals surface area contributed by atoms with Gasteiger partial charge in [-0.2, -0.15) is 0 Å². The predicted molar refractivity (Wildman–Crippen MR) is 80.7 cm³/mol. The molecular formula is C16H13FN2OS. The van der Waals surface area contributed by atoms with Crippen molar-refractivity contribution >= 4 is 22.7 Å². The topological polar surface area (TPSA) is 46.0 Å². The fraction of sp³-hybridized carbons (Fsp3) is 0.125. The third-order valence-electron chi connectivity index (χ3n) is 3.14. The summed E-state index contributed by atoms with van der Waals surface area (Å²) in [6.07, 6.45) is 0.619. The van der Waals surface area contributed by atoms with Gasteiger partial charge in [-0.1, -0.05) is 36.0 Å². The van der Waals surface area contributed by atoms with Crippen molar-refractivity contribution in [1.29, 1.82) is 0 Å². The van der Waals surface area contributed by atoms with Crippen LogP contribution in [-0.2, 0) is 0 Å². The summed E-state index contributed by atoms with van der Waals surface area (Å²) in [5.41, 5.74) is 1.13. The van der Waals surface area contributed by atoms with Gasteiger partial charge in [-0.25, -0.2) is 14.4 Å². The number of halogens is 1. The van der Waals surface area contributed by atoms with Crippen molar-refractivity contribution in [3.05, 3.63) is 60.2 Å². The molecule has 1 N–H and O–H groups in total. The van der Waals surface area contributed by atoms with Crippen molar-refractivity contribution in [2.24, 2.45) is 0 Å². The molecule has 0 saturated heterocycles. The molecule has 1 atom stereocenters. The molecule has 0 radical (unpaired) electrons. The number of aliphatic hydroxyl groups excluding tert-OH is 1. The van der Waals surface area contributed by atoms with Gasteiger partial charge in [-0.3, -0.25) is 0 Å². The quantitative estimate of drug-likeness (QED) is 0.743. The number of benzene rings is 2. The number of para-hydroxylation sites is 1. The van der Waals surface area contributed by atoms with Crippen LogP contribution in [0.15, 0.2) is 58.7 Å². The van der Waals surface area contributed by atoms with E-state index in [1.807, 2.05) is 24.3 Å². The molecule has 5 heteroatoms. The smallest absolute Gasteiger partial charge is 0.130 e. The van der Waals surface area contributed by atoms with E-state index < -0.39 is 11.9 Å². The van der Waals surface area contributed by atoms with Crippen LogP contribution in [0.2, 0.25) is 0 Å². The Morgan fingerprint density at radius 2 is 1.90 bits per heavy atom. The maximum atomic E-state index is 13.9. The van der Waals surface area contributed by atoms with Gasteiger partial charge in [0.15, 0.2) is 0 Å². The summed E-state index contributed by atoms with van der Waals surface area (Å²) in [7, 11) is 0. The van der Waals surface area contributed by atoms with Crippen LogP contribution in [0.4, 0.5) is 4.39 Å². The number of aromatic nitrogens is 2. The number of fused-ring (bicyclic) bond motifs is 1. The van der Waals surface area contributed by atoms with Gasteiger partial charge in [-0.05, 0) is 25.1 Å². The van der Waals surface area contributed by atoms with Crippen molar-refractivity contribution in [3.63, 3.8) is 0 Å². The Morgan fingerprint density at radius 3 is 2.71 bits per heavy atom. The minimum absolute atomic E-state index is 0.296. The van der Waals surface area contributed by atoms with Gasteiger partial charge in [0.2, 0.25) is 0 Å². The van der Waals surface area contributed by atoms with E-state index in [4.69, 9.17) is 0 Å². The van der Waals surface area contributed by atoms with Gasteiger partial charge in [-0.15, -0.1) is 0 Å². The number of hydrogen-bond donors (Lipinski definition) is 1. The highest BCUT2D eigenvalue weighted by Gasteiger charge is 2.15. The van der Waals surface area contributed by atoms with Crippen LogP contribution in [0.1, 0.15) is 18.6 Å². The standard InChI is InChI=1S/C16H13FN2OS/c1-10(20)15-12(17)6-4-8-14(15)21-16-11-5-2-3-7-13(11)18-9-19-16/h2-10,20H,1H3/t10-/m0/s1. The zero-order valence-electron chi connectivity index (χ0n) is 11.3. The second-order valence-corrected chi connectivity index (χ2v) is 5.66. The Hall–Kier alpha value is -1.98. The van der Waals surface area contributed by atoms with Gasteiger partial charge in [0, 0.05) is 15.8 Å². The highest BCUT2D eigenvalue weighted by molar-refractivity contribution is 7.99. The number of aliphatic hydroxyl groups is 1. The molecule has 0 aliphatic rings. The monoisotopic (exact) mass is 300 g/mol. The van der Waals surface area contributed by atoms with E-state index >= 15 is 0 Å². The van der Waals surface area contributed by atoms with E-state index in [9.17, 15) is 9.50 Å². The Balaban J connectivity index is 2.09. The normalized spacial score (nSPS) is 12.5. The van der Waals surface area contributed by atoms with Gasteiger partial charge in [0.25, 0.3) is 0 Å². The molecule has 0 aliphatic carbocycles. The van der Waals surface area contributed by atoms with Crippen LogP contribution in [0.5, 0.6) is 0 Å². The second kappa shape index (κ2) is 5.79. The molecule has 1 aromatic heterocycles. The predicted octanol–water partition coefficient (Wildman–Crippen LogP) is 3.97. The number of hydrogen-bond acceptors (Lipinski definition) is 4. The van der Waals surface area contributed by atoms with Crippen LogP contribution < -0.4 is 0 Å². The molecule has 0 saturated carbocycles. The van der Waals surface area contributed by atoms with Gasteiger partial charge < -0.3 is 5.11 Å². The SMILES string of the molecule is C[C@H](O)c1c(F)cccc1Sc1ncnc2ccccc12. The summed E-state index contributed by atoms with van der Waals surface area (Å²) >= 11 is 1.34. The molecule has 0 aliphatic heterocycles. The summed E-state index contributed by atoms with van der Waals surface area (Å²) < 4.78 is 13.9. The lowest BCUT2D eigenvalue weighted by Gasteiger charge is -2.12. The average Bonchev–Trinajstić information content (AvgIpc) is 2.47. The largest absolute Gasteiger partial charge is 0.389 e. The Bertz CT molecular complexity index is 787. The highest BCUT2D eigenvalue weighted by Crippen LogP contribution is 2.36. The van der Waals surface area contributed by atoms with Crippen LogP contribution in [0, 0.1) is 5.82 Å². The van der Waals surface area contributed by atoms with E-state index in [0.29, 0.717) is 10.5 Å². The Labute approximate surface area is 125 Å². The minimum atomic E-state index is -0.873. The molecule has 0 amide bonds. The number of rotatable bonds is 3. The van der Waals surface area contributed by atoms with E-state index in [0.717, 1.165) is 15.9 Å². The Morgan fingerprint density at radius 1 is 1.10 bits per heavy atom. The van der Waals surface area contributed by atoms with Crippen LogP contribution in [0.3, 0.4) is 0 Å². The van der Waals surface area contributed by atoms with Crippen molar-refractivity contribution in [2.75, 3.05) is 0 Å². The molecular weight excluding hydrogens is 287 g/mol. The molecule has 21 heavy (non-hydrogen) atoms. The summed E-state index contributed by atoms with van der Waals surface area (Å²) in [5, 5.41) is 11.4. The molecule has 1 heterocycles. The molecule has 0 spiro atoms. The molecule has 0 bridgehead atoms. The number of nitrogens with zero attached hydrogens (tertiary/aromatic N) is 2. The van der Waals surface area contributed by atoms with Crippen LogP contribution in [0.25, 0.3) is 10.9 Å². The highest BCUT2D eigenvalue weighted by atomic mass is 32.2. The molecule has 3 nitrogen and oxygen atoms in total. The van der Waals surface area contributed by atoms with E-state index in [2.05, 4.69) is 9.97 Å². The van der Waals surface area contributed by atoms with E-state index in [1.165, 1.54) is 24.2 Å². The van der Waals surface area contributed by atoms with Crippen molar-refractivity contribution in [3.8, 4) is 0 Å². The lowest BCUT2D eigenvalue weighted by molar-refractivity contribution is 0.191. The first-order valence-electron chi connectivity index (χ1n) is 6.51. The summed E-state index contributed by atoms with van der Waals surface area (Å²) in [5.74, 6) is -0.409. The summed E-state index contributed by atoms with van der Waals surface area (Å²) in [6, 6.07) is 12.4. The van der Waals surface area contributed by atoms with Crippen molar-refractivity contribution in [1.82, 2.24) is 9.97 Å². The second-order valence-electron chi connectivity index (χ2n) is 4.63. The van der Waals surface area contributed by atoms with Crippen molar-refractivity contribution < 1.29 is 9.50 Å². The molecule has 3 rings (SSSR count).